The third kappa shape index (κ3) is 3.35. The van der Waals surface area contributed by atoms with Gasteiger partial charge in [-0.3, -0.25) is 9.82 Å². The van der Waals surface area contributed by atoms with Crippen LogP contribution in [-0.2, 0) is 15.8 Å². The van der Waals surface area contributed by atoms with E-state index >= 15 is 0 Å². The number of nitrogens with one attached hydrogen (secondary N) is 2. The van der Waals surface area contributed by atoms with Crippen molar-refractivity contribution >= 4 is 49.8 Å². The molecule has 3 aromatic rings. The van der Waals surface area contributed by atoms with Crippen molar-refractivity contribution in [1.82, 2.24) is 10.2 Å². The summed E-state index contributed by atoms with van der Waals surface area (Å²) in [5.41, 5.74) is 1.88. The predicted octanol–water partition coefficient (Wildman–Crippen LogP) is 3.81. The van der Waals surface area contributed by atoms with Crippen molar-refractivity contribution in [3.05, 3.63) is 58.2 Å². The molecule has 0 atom stereocenters. The van der Waals surface area contributed by atoms with Gasteiger partial charge in [0.15, 0.2) is 0 Å². The normalized spacial score (nSPS) is 11.7. The molecule has 2 aromatic carbocycles. The number of nitrogens with zero attached hydrogens (tertiary/aromatic N) is 1. The van der Waals surface area contributed by atoms with Gasteiger partial charge in [0.25, 0.3) is 0 Å². The van der Waals surface area contributed by atoms with Crippen LogP contribution in [0.5, 0.6) is 0 Å². The minimum atomic E-state index is -3.55. The lowest BCUT2D eigenvalue weighted by molar-refractivity contribution is 0.600. The van der Waals surface area contributed by atoms with E-state index in [1.807, 2.05) is 0 Å². The van der Waals surface area contributed by atoms with Crippen LogP contribution in [0, 0.1) is 0 Å². The number of benzene rings is 2. The lowest BCUT2D eigenvalue weighted by Crippen LogP contribution is -2.15. The van der Waals surface area contributed by atoms with Crippen molar-refractivity contribution in [2.24, 2.45) is 0 Å². The zero-order chi connectivity index (χ0) is 15.7. The van der Waals surface area contributed by atoms with Gasteiger partial charge in [-0.2, -0.15) is 5.10 Å². The standard InChI is InChI=1S/C14H11Cl2N3O2S/c15-12-3-1-9(5-13(12)16)8-22(20,21)19-11-2-4-14-10(6-11)7-17-18-14/h1-7,19H,8H2,(H,17,18). The molecular formula is C14H11Cl2N3O2S. The summed E-state index contributed by atoms with van der Waals surface area (Å²) in [5.74, 6) is -0.187. The highest BCUT2D eigenvalue weighted by Crippen LogP contribution is 2.24. The number of sulfonamides is 1. The van der Waals surface area contributed by atoms with E-state index in [2.05, 4.69) is 14.9 Å². The van der Waals surface area contributed by atoms with Gasteiger partial charge < -0.3 is 0 Å². The first-order valence-corrected chi connectivity index (χ1v) is 8.71. The topological polar surface area (TPSA) is 74.8 Å². The van der Waals surface area contributed by atoms with Gasteiger partial charge >= 0.3 is 0 Å². The maximum atomic E-state index is 12.2. The highest BCUT2D eigenvalue weighted by Gasteiger charge is 2.13. The van der Waals surface area contributed by atoms with E-state index in [9.17, 15) is 8.42 Å². The molecule has 8 heteroatoms. The quantitative estimate of drug-likeness (QED) is 0.746. The summed E-state index contributed by atoms with van der Waals surface area (Å²) in [6, 6.07) is 9.90. The third-order valence-corrected chi connectivity index (χ3v) is 5.05. The molecule has 0 fully saturated rings. The second-order valence-electron chi connectivity index (χ2n) is 4.78. The van der Waals surface area contributed by atoms with Crippen LogP contribution in [0.3, 0.4) is 0 Å². The Morgan fingerprint density at radius 2 is 1.91 bits per heavy atom. The van der Waals surface area contributed by atoms with Crippen LogP contribution in [0.2, 0.25) is 10.0 Å². The van der Waals surface area contributed by atoms with Gasteiger partial charge in [-0.25, -0.2) is 8.42 Å². The molecule has 3 rings (SSSR count). The van der Waals surface area contributed by atoms with E-state index in [4.69, 9.17) is 23.2 Å². The van der Waals surface area contributed by atoms with Crippen LogP contribution in [0.15, 0.2) is 42.6 Å². The third-order valence-electron chi connectivity index (χ3n) is 3.05. The van der Waals surface area contributed by atoms with Gasteiger partial charge in [0.2, 0.25) is 10.0 Å². The summed E-state index contributed by atoms with van der Waals surface area (Å²) in [6.07, 6.45) is 1.63. The molecule has 0 aliphatic rings. The van der Waals surface area contributed by atoms with E-state index in [-0.39, 0.29) is 5.75 Å². The molecule has 1 heterocycles. The Balaban J connectivity index is 1.81. The van der Waals surface area contributed by atoms with Crippen LogP contribution >= 0.6 is 23.2 Å². The molecular weight excluding hydrogens is 345 g/mol. The number of hydrogen-bond donors (Lipinski definition) is 2. The van der Waals surface area contributed by atoms with Gasteiger partial charge in [-0.1, -0.05) is 29.3 Å². The molecule has 0 aliphatic heterocycles. The van der Waals surface area contributed by atoms with Crippen LogP contribution in [-0.4, -0.2) is 18.6 Å². The molecule has 0 unspecified atom stereocenters. The number of halogens is 2. The molecule has 0 bridgehead atoms. The minimum absolute atomic E-state index is 0.187. The largest absolute Gasteiger partial charge is 0.283 e. The number of anilines is 1. The van der Waals surface area contributed by atoms with Gasteiger partial charge in [0, 0.05) is 11.1 Å². The average molecular weight is 356 g/mol. The van der Waals surface area contributed by atoms with Gasteiger partial charge in [-0.05, 0) is 35.9 Å². The van der Waals surface area contributed by atoms with Gasteiger partial charge in [0.1, 0.15) is 0 Å². The smallest absolute Gasteiger partial charge is 0.236 e. The molecule has 0 aliphatic carbocycles. The lowest BCUT2D eigenvalue weighted by Gasteiger charge is -2.09. The van der Waals surface area contributed by atoms with E-state index in [0.717, 1.165) is 10.9 Å². The average Bonchev–Trinajstić information content (AvgIpc) is 2.89. The Labute approximate surface area is 137 Å². The maximum Gasteiger partial charge on any atom is 0.236 e. The lowest BCUT2D eigenvalue weighted by atomic mass is 10.2. The van der Waals surface area contributed by atoms with Crippen molar-refractivity contribution in [3.8, 4) is 0 Å². The van der Waals surface area contributed by atoms with Crippen molar-refractivity contribution in [2.75, 3.05) is 4.72 Å². The minimum Gasteiger partial charge on any atom is -0.283 e. The second-order valence-corrected chi connectivity index (χ2v) is 7.32. The van der Waals surface area contributed by atoms with Crippen LogP contribution in [0.25, 0.3) is 10.9 Å². The monoisotopic (exact) mass is 355 g/mol. The molecule has 0 saturated heterocycles. The van der Waals surface area contributed by atoms with E-state index < -0.39 is 10.0 Å². The first-order chi connectivity index (χ1) is 10.4. The Hall–Kier alpha value is -1.76. The Morgan fingerprint density at radius 3 is 2.68 bits per heavy atom. The van der Waals surface area contributed by atoms with Crippen LogP contribution in [0.1, 0.15) is 5.56 Å². The Kier molecular flexibility index (Phi) is 3.99. The van der Waals surface area contributed by atoms with E-state index in [1.165, 1.54) is 0 Å². The second kappa shape index (κ2) is 5.79. The zero-order valence-corrected chi connectivity index (χ0v) is 13.5. The predicted molar refractivity (Wildman–Crippen MR) is 88.8 cm³/mol. The van der Waals surface area contributed by atoms with Crippen molar-refractivity contribution in [1.29, 1.82) is 0 Å². The summed E-state index contributed by atoms with van der Waals surface area (Å²) in [7, 11) is -3.55. The Bertz CT molecular complexity index is 938. The molecule has 2 N–H and O–H groups in total. The molecule has 0 radical (unpaired) electrons. The number of H-pyrrole nitrogens is 1. The number of aromatic amines is 1. The van der Waals surface area contributed by atoms with Crippen LogP contribution in [0.4, 0.5) is 5.69 Å². The highest BCUT2D eigenvalue weighted by atomic mass is 35.5. The number of rotatable bonds is 4. The fourth-order valence-electron chi connectivity index (χ4n) is 2.07. The molecule has 5 nitrogen and oxygen atoms in total. The number of fused-ring (bicyclic) bond motifs is 1. The van der Waals surface area contributed by atoms with Crippen molar-refractivity contribution in [3.63, 3.8) is 0 Å². The maximum absolute atomic E-state index is 12.2. The van der Waals surface area contributed by atoms with E-state index in [0.29, 0.717) is 21.3 Å². The molecule has 0 amide bonds. The zero-order valence-electron chi connectivity index (χ0n) is 11.2. The summed E-state index contributed by atoms with van der Waals surface area (Å²) < 4.78 is 27.0. The van der Waals surface area contributed by atoms with Gasteiger partial charge in [-0.15, -0.1) is 0 Å². The first kappa shape index (κ1) is 15.1. The number of hydrogen-bond acceptors (Lipinski definition) is 3. The summed E-state index contributed by atoms with van der Waals surface area (Å²) >= 11 is 11.7. The summed E-state index contributed by atoms with van der Waals surface area (Å²) in [6.45, 7) is 0. The van der Waals surface area contributed by atoms with Crippen molar-refractivity contribution in [2.45, 2.75) is 5.75 Å². The Morgan fingerprint density at radius 1 is 1.09 bits per heavy atom. The molecule has 0 saturated carbocycles. The van der Waals surface area contributed by atoms with Crippen LogP contribution < -0.4 is 4.72 Å². The van der Waals surface area contributed by atoms with Crippen molar-refractivity contribution < 1.29 is 8.42 Å². The fourth-order valence-corrected chi connectivity index (χ4v) is 3.57. The SMILES string of the molecule is O=S(=O)(Cc1ccc(Cl)c(Cl)c1)Nc1ccc2[nH]ncc2c1. The van der Waals surface area contributed by atoms with Gasteiger partial charge in [0.05, 0.1) is 27.5 Å². The fraction of sp³-hybridized carbons (Fsp3) is 0.0714. The molecule has 22 heavy (non-hydrogen) atoms. The summed E-state index contributed by atoms with van der Waals surface area (Å²) in [4.78, 5) is 0. The first-order valence-electron chi connectivity index (χ1n) is 6.30. The molecule has 0 spiro atoms. The van der Waals surface area contributed by atoms with E-state index in [1.54, 1.807) is 42.6 Å². The number of aromatic nitrogens is 2. The molecule has 1 aromatic heterocycles. The highest BCUT2D eigenvalue weighted by molar-refractivity contribution is 7.91. The molecule has 114 valence electrons. The summed E-state index contributed by atoms with van der Waals surface area (Å²) in [5, 5.41) is 8.25.